The molecule has 0 fully saturated rings. The van der Waals surface area contributed by atoms with Crippen LogP contribution < -0.4 is 10.2 Å². The van der Waals surface area contributed by atoms with Crippen LogP contribution in [-0.2, 0) is 15.8 Å². The Morgan fingerprint density at radius 2 is 2.00 bits per heavy atom. The highest BCUT2D eigenvalue weighted by Gasteiger charge is 2.33. The molecule has 0 atom stereocenters. The second kappa shape index (κ2) is 4.56. The van der Waals surface area contributed by atoms with Gasteiger partial charge in [0.2, 0.25) is 11.8 Å². The van der Waals surface area contributed by atoms with Crippen molar-refractivity contribution in [2.45, 2.75) is 19.5 Å². The minimum Gasteiger partial charge on any atom is -0.324 e. The normalized spacial score (nSPS) is 15.9. The minimum atomic E-state index is -4.49. The van der Waals surface area contributed by atoms with E-state index in [1.165, 1.54) is 11.0 Å². The molecule has 1 aliphatic heterocycles. The van der Waals surface area contributed by atoms with Crippen molar-refractivity contribution in [3.63, 3.8) is 0 Å². The lowest BCUT2D eigenvalue weighted by molar-refractivity contribution is -0.137. The Morgan fingerprint density at radius 1 is 1.32 bits per heavy atom. The lowest BCUT2D eigenvalue weighted by Gasteiger charge is -2.21. The first kappa shape index (κ1) is 13.4. The Labute approximate surface area is 107 Å². The highest BCUT2D eigenvalue weighted by Crippen LogP contribution is 2.36. The van der Waals surface area contributed by atoms with Gasteiger partial charge in [-0.2, -0.15) is 13.2 Å². The Bertz CT molecular complexity index is 540. The van der Waals surface area contributed by atoms with E-state index in [1.807, 2.05) is 0 Å². The maximum atomic E-state index is 12.6. The summed E-state index contributed by atoms with van der Waals surface area (Å²) in [4.78, 5) is 24.5. The van der Waals surface area contributed by atoms with Crippen LogP contribution in [0.5, 0.6) is 0 Å². The predicted octanol–water partition coefficient (Wildman–Crippen LogP) is 2.40. The summed E-state index contributed by atoms with van der Waals surface area (Å²) in [6.45, 7) is 1.97. The summed E-state index contributed by atoms with van der Waals surface area (Å²) >= 11 is 0. The van der Waals surface area contributed by atoms with Crippen molar-refractivity contribution >= 4 is 23.2 Å². The quantitative estimate of drug-likeness (QED) is 0.798. The fraction of sp³-hybridized carbons (Fsp3) is 0.333. The predicted molar refractivity (Wildman–Crippen MR) is 62.7 cm³/mol. The van der Waals surface area contributed by atoms with Crippen molar-refractivity contribution in [3.8, 4) is 0 Å². The van der Waals surface area contributed by atoms with Crippen molar-refractivity contribution in [1.29, 1.82) is 0 Å². The van der Waals surface area contributed by atoms with Gasteiger partial charge in [-0.05, 0) is 25.1 Å². The van der Waals surface area contributed by atoms with Gasteiger partial charge < -0.3 is 10.2 Å². The molecule has 0 saturated carbocycles. The van der Waals surface area contributed by atoms with Crippen LogP contribution in [0, 0.1) is 0 Å². The molecule has 1 heterocycles. The van der Waals surface area contributed by atoms with E-state index in [0.29, 0.717) is 0 Å². The number of anilines is 2. The average Bonchev–Trinajstić information content (AvgIpc) is 2.41. The van der Waals surface area contributed by atoms with Gasteiger partial charge in [0.25, 0.3) is 0 Å². The zero-order valence-electron chi connectivity index (χ0n) is 10.0. The largest absolute Gasteiger partial charge is 0.416 e. The molecule has 1 aromatic carbocycles. The molecule has 1 aromatic rings. The second-order valence-electron chi connectivity index (χ2n) is 4.09. The number of fused-ring (bicyclic) bond motifs is 1. The van der Waals surface area contributed by atoms with E-state index >= 15 is 0 Å². The number of hydrogen-bond acceptors (Lipinski definition) is 2. The topological polar surface area (TPSA) is 49.4 Å². The second-order valence-corrected chi connectivity index (χ2v) is 4.09. The minimum absolute atomic E-state index is 0.00697. The van der Waals surface area contributed by atoms with Gasteiger partial charge in [-0.25, -0.2) is 0 Å². The number of hydrogen-bond donors (Lipinski definition) is 1. The summed E-state index contributed by atoms with van der Waals surface area (Å²) in [5.74, 6) is -1.04. The Balaban J connectivity index is 2.54. The van der Waals surface area contributed by atoms with Crippen LogP contribution in [0.1, 0.15) is 18.9 Å². The third-order valence-corrected chi connectivity index (χ3v) is 2.82. The fourth-order valence-electron chi connectivity index (χ4n) is 1.96. The van der Waals surface area contributed by atoms with Gasteiger partial charge in [0.05, 0.1) is 16.9 Å². The molecule has 0 aromatic heterocycles. The average molecular weight is 272 g/mol. The molecule has 2 amide bonds. The number of nitrogens with zero attached hydrogens (tertiary/aromatic N) is 1. The summed E-state index contributed by atoms with van der Waals surface area (Å²) in [6.07, 6.45) is -4.86. The first-order chi connectivity index (χ1) is 8.82. The first-order valence-electron chi connectivity index (χ1n) is 5.64. The molecule has 0 saturated heterocycles. The van der Waals surface area contributed by atoms with Crippen molar-refractivity contribution < 1.29 is 22.8 Å². The zero-order chi connectivity index (χ0) is 14.2. The van der Waals surface area contributed by atoms with Crippen LogP contribution >= 0.6 is 0 Å². The third kappa shape index (κ3) is 2.54. The van der Waals surface area contributed by atoms with E-state index in [4.69, 9.17) is 0 Å². The van der Waals surface area contributed by atoms with Crippen molar-refractivity contribution in [2.24, 2.45) is 0 Å². The number of carbonyl (C=O) groups is 2. The smallest absolute Gasteiger partial charge is 0.324 e. The van der Waals surface area contributed by atoms with Gasteiger partial charge in [-0.15, -0.1) is 0 Å². The molecule has 7 heteroatoms. The van der Waals surface area contributed by atoms with E-state index in [9.17, 15) is 22.8 Å². The van der Waals surface area contributed by atoms with Gasteiger partial charge in [0.15, 0.2) is 0 Å². The van der Waals surface area contributed by atoms with Crippen LogP contribution in [-0.4, -0.2) is 18.4 Å². The molecule has 2 rings (SSSR count). The van der Waals surface area contributed by atoms with Crippen molar-refractivity contribution in [3.05, 3.63) is 23.8 Å². The lowest BCUT2D eigenvalue weighted by Crippen LogP contribution is -2.30. The maximum Gasteiger partial charge on any atom is 0.416 e. The molecule has 102 valence electrons. The molecule has 0 radical (unpaired) electrons. The zero-order valence-corrected chi connectivity index (χ0v) is 10.0. The van der Waals surface area contributed by atoms with Crippen LogP contribution in [0.15, 0.2) is 18.2 Å². The van der Waals surface area contributed by atoms with Crippen LogP contribution in [0.25, 0.3) is 0 Å². The third-order valence-electron chi connectivity index (χ3n) is 2.82. The Hall–Kier alpha value is -2.05. The fourth-order valence-corrected chi connectivity index (χ4v) is 1.96. The number of benzene rings is 1. The molecular weight excluding hydrogens is 261 g/mol. The monoisotopic (exact) mass is 272 g/mol. The highest BCUT2D eigenvalue weighted by atomic mass is 19.4. The van der Waals surface area contributed by atoms with E-state index < -0.39 is 23.6 Å². The van der Waals surface area contributed by atoms with E-state index in [0.717, 1.165) is 12.1 Å². The first-order valence-corrected chi connectivity index (χ1v) is 5.64. The molecule has 1 aliphatic rings. The molecule has 0 bridgehead atoms. The number of halogens is 3. The Morgan fingerprint density at radius 3 is 2.58 bits per heavy atom. The standard InChI is InChI=1S/C12H11F3N2O2/c1-2-17-9-4-3-7(12(13,14)15)5-8(9)16-10(18)6-11(17)19/h3-5H,2,6H2,1H3,(H,16,18). The van der Waals surface area contributed by atoms with Crippen LogP contribution in [0.3, 0.4) is 0 Å². The van der Waals surface area contributed by atoms with Gasteiger partial charge in [0, 0.05) is 6.54 Å². The number of nitrogens with one attached hydrogen (secondary N) is 1. The van der Waals surface area contributed by atoms with Crippen molar-refractivity contribution in [2.75, 3.05) is 16.8 Å². The number of alkyl halides is 3. The SMILES string of the molecule is CCN1C(=O)CC(=O)Nc2cc(C(F)(F)F)ccc21. The van der Waals surface area contributed by atoms with Gasteiger partial charge in [0.1, 0.15) is 6.42 Å². The van der Waals surface area contributed by atoms with Crippen LogP contribution in [0.4, 0.5) is 24.5 Å². The number of rotatable bonds is 1. The Kier molecular flexibility index (Phi) is 3.21. The van der Waals surface area contributed by atoms with E-state index in [2.05, 4.69) is 5.32 Å². The summed E-state index contributed by atoms with van der Waals surface area (Å²) in [7, 11) is 0. The molecule has 1 N–H and O–H groups in total. The molecule has 4 nitrogen and oxygen atoms in total. The summed E-state index contributed by atoms with van der Waals surface area (Å²) < 4.78 is 37.9. The molecule has 0 aliphatic carbocycles. The van der Waals surface area contributed by atoms with Crippen LogP contribution in [0.2, 0.25) is 0 Å². The van der Waals surface area contributed by atoms with E-state index in [-0.39, 0.29) is 24.3 Å². The number of amides is 2. The van der Waals surface area contributed by atoms with Crippen molar-refractivity contribution in [1.82, 2.24) is 0 Å². The summed E-state index contributed by atoms with van der Waals surface area (Å²) in [5.41, 5.74) is -0.573. The van der Waals surface area contributed by atoms with E-state index in [1.54, 1.807) is 6.92 Å². The molecular formula is C12H11F3N2O2. The maximum absolute atomic E-state index is 12.6. The van der Waals surface area contributed by atoms with Gasteiger partial charge >= 0.3 is 6.18 Å². The molecule has 19 heavy (non-hydrogen) atoms. The summed E-state index contributed by atoms with van der Waals surface area (Å²) in [6, 6.07) is 2.94. The van der Waals surface area contributed by atoms with Gasteiger partial charge in [-0.3, -0.25) is 9.59 Å². The highest BCUT2D eigenvalue weighted by molar-refractivity contribution is 6.14. The van der Waals surface area contributed by atoms with Gasteiger partial charge in [-0.1, -0.05) is 0 Å². The number of carbonyl (C=O) groups excluding carboxylic acids is 2. The molecule has 0 unspecified atom stereocenters. The lowest BCUT2D eigenvalue weighted by atomic mass is 10.1. The summed E-state index contributed by atoms with van der Waals surface area (Å²) in [5, 5.41) is 2.33. The molecule has 0 spiro atoms.